The SMILES string of the molecule is Cn1c(-c2ccccc2)cc2ccc(OC(=O)O)cc2c1=O. The van der Waals surface area contributed by atoms with E-state index in [0.29, 0.717) is 5.39 Å². The summed E-state index contributed by atoms with van der Waals surface area (Å²) in [4.78, 5) is 23.1. The number of ether oxygens (including phenoxy) is 1. The van der Waals surface area contributed by atoms with Crippen LogP contribution in [0.15, 0.2) is 59.4 Å². The fourth-order valence-corrected chi connectivity index (χ4v) is 2.43. The van der Waals surface area contributed by atoms with Crippen LogP contribution in [0.5, 0.6) is 5.75 Å². The van der Waals surface area contributed by atoms with Crippen LogP contribution >= 0.6 is 0 Å². The van der Waals surface area contributed by atoms with Crippen molar-refractivity contribution in [3.63, 3.8) is 0 Å². The van der Waals surface area contributed by atoms with E-state index in [1.807, 2.05) is 36.4 Å². The van der Waals surface area contributed by atoms with Crippen molar-refractivity contribution in [1.82, 2.24) is 4.57 Å². The second-order valence-corrected chi connectivity index (χ2v) is 4.88. The largest absolute Gasteiger partial charge is 0.511 e. The highest BCUT2D eigenvalue weighted by atomic mass is 16.7. The Labute approximate surface area is 126 Å². The molecule has 0 bridgehead atoms. The maximum atomic E-state index is 12.5. The highest BCUT2D eigenvalue weighted by Crippen LogP contribution is 2.24. The van der Waals surface area contributed by atoms with Gasteiger partial charge >= 0.3 is 6.16 Å². The van der Waals surface area contributed by atoms with Gasteiger partial charge in [-0.1, -0.05) is 36.4 Å². The van der Waals surface area contributed by atoms with Gasteiger partial charge in [0.05, 0.1) is 11.1 Å². The van der Waals surface area contributed by atoms with Crippen LogP contribution in [0.4, 0.5) is 4.79 Å². The Morgan fingerprint density at radius 1 is 1.09 bits per heavy atom. The zero-order valence-electron chi connectivity index (χ0n) is 11.8. The van der Waals surface area contributed by atoms with E-state index in [9.17, 15) is 9.59 Å². The summed E-state index contributed by atoms with van der Waals surface area (Å²) in [6, 6.07) is 16.2. The molecule has 0 atom stereocenters. The van der Waals surface area contributed by atoms with Gasteiger partial charge in [0.1, 0.15) is 5.75 Å². The van der Waals surface area contributed by atoms with Gasteiger partial charge in [0.2, 0.25) is 0 Å². The molecule has 0 spiro atoms. The summed E-state index contributed by atoms with van der Waals surface area (Å²) >= 11 is 0. The Morgan fingerprint density at radius 2 is 1.82 bits per heavy atom. The molecule has 1 heterocycles. The molecule has 1 aromatic heterocycles. The van der Waals surface area contributed by atoms with Crippen molar-refractivity contribution in [2.24, 2.45) is 7.05 Å². The number of pyridine rings is 1. The third-order valence-corrected chi connectivity index (χ3v) is 3.49. The zero-order valence-corrected chi connectivity index (χ0v) is 11.8. The number of benzene rings is 2. The average molecular weight is 295 g/mol. The minimum Gasteiger partial charge on any atom is -0.449 e. The van der Waals surface area contributed by atoms with Crippen molar-refractivity contribution in [1.29, 1.82) is 0 Å². The summed E-state index contributed by atoms with van der Waals surface area (Å²) in [6.07, 6.45) is -1.41. The van der Waals surface area contributed by atoms with Crippen molar-refractivity contribution in [3.8, 4) is 17.0 Å². The van der Waals surface area contributed by atoms with Gasteiger partial charge in [0, 0.05) is 7.05 Å². The highest BCUT2D eigenvalue weighted by Gasteiger charge is 2.10. The van der Waals surface area contributed by atoms with Crippen LogP contribution < -0.4 is 10.3 Å². The number of nitrogens with zero attached hydrogens (tertiary/aromatic N) is 1. The van der Waals surface area contributed by atoms with Crippen LogP contribution in [0.2, 0.25) is 0 Å². The molecule has 0 fully saturated rings. The molecule has 0 saturated heterocycles. The molecule has 110 valence electrons. The lowest BCUT2D eigenvalue weighted by molar-refractivity contribution is 0.144. The second-order valence-electron chi connectivity index (χ2n) is 4.88. The van der Waals surface area contributed by atoms with Gasteiger partial charge in [-0.3, -0.25) is 4.79 Å². The Kier molecular flexibility index (Phi) is 3.39. The smallest absolute Gasteiger partial charge is 0.449 e. The molecule has 5 nitrogen and oxygen atoms in total. The van der Waals surface area contributed by atoms with Gasteiger partial charge in [-0.25, -0.2) is 4.79 Å². The first-order valence-electron chi connectivity index (χ1n) is 6.66. The Hall–Kier alpha value is -3.08. The number of carboxylic acid groups (broad SMARTS) is 1. The number of fused-ring (bicyclic) bond motifs is 1. The molecule has 2 aromatic carbocycles. The van der Waals surface area contributed by atoms with Gasteiger partial charge < -0.3 is 14.4 Å². The van der Waals surface area contributed by atoms with E-state index < -0.39 is 6.16 Å². The number of hydrogen-bond acceptors (Lipinski definition) is 3. The molecule has 0 saturated carbocycles. The first-order chi connectivity index (χ1) is 10.6. The Balaban J connectivity index is 2.22. The van der Waals surface area contributed by atoms with Gasteiger partial charge in [-0.15, -0.1) is 0 Å². The molecule has 3 aromatic rings. The van der Waals surface area contributed by atoms with Crippen LogP contribution in [0.3, 0.4) is 0 Å². The molecule has 0 aliphatic carbocycles. The number of carbonyl (C=O) groups is 1. The van der Waals surface area contributed by atoms with Gasteiger partial charge in [0.25, 0.3) is 5.56 Å². The summed E-state index contributed by atoms with van der Waals surface area (Å²) in [5, 5.41) is 9.80. The molecule has 22 heavy (non-hydrogen) atoms. The van der Waals surface area contributed by atoms with Crippen LogP contribution in [0.1, 0.15) is 0 Å². The van der Waals surface area contributed by atoms with Crippen molar-refractivity contribution in [3.05, 3.63) is 65.0 Å². The van der Waals surface area contributed by atoms with Gasteiger partial charge in [0.15, 0.2) is 0 Å². The second kappa shape index (κ2) is 5.37. The molecule has 5 heteroatoms. The number of hydrogen-bond donors (Lipinski definition) is 1. The van der Waals surface area contributed by atoms with E-state index in [1.165, 1.54) is 12.1 Å². The molecule has 3 rings (SSSR count). The van der Waals surface area contributed by atoms with E-state index in [2.05, 4.69) is 4.74 Å². The maximum absolute atomic E-state index is 12.5. The topological polar surface area (TPSA) is 68.5 Å². The fourth-order valence-electron chi connectivity index (χ4n) is 2.43. The van der Waals surface area contributed by atoms with E-state index in [4.69, 9.17) is 5.11 Å². The van der Waals surface area contributed by atoms with Gasteiger partial charge in [-0.2, -0.15) is 0 Å². The Morgan fingerprint density at radius 3 is 2.50 bits per heavy atom. The fraction of sp³-hybridized carbons (Fsp3) is 0.0588. The van der Waals surface area contributed by atoms with E-state index in [1.54, 1.807) is 17.7 Å². The standard InChI is InChI=1S/C17H13NO4/c1-18-15(11-5-3-2-4-6-11)9-12-7-8-13(22-17(20)21)10-14(12)16(18)19/h2-10H,1H3,(H,20,21). The summed E-state index contributed by atoms with van der Waals surface area (Å²) in [7, 11) is 1.69. The maximum Gasteiger partial charge on any atom is 0.511 e. The predicted octanol–water partition coefficient (Wildman–Crippen LogP) is 3.26. The van der Waals surface area contributed by atoms with E-state index >= 15 is 0 Å². The lowest BCUT2D eigenvalue weighted by Crippen LogP contribution is -2.18. The molecule has 0 aliphatic rings. The summed E-state index contributed by atoms with van der Waals surface area (Å²) in [5.74, 6) is 0.129. The molecular formula is C17H13NO4. The van der Waals surface area contributed by atoms with Gasteiger partial charge in [-0.05, 0) is 29.1 Å². The Bertz CT molecular complexity index is 913. The molecule has 0 unspecified atom stereocenters. The highest BCUT2D eigenvalue weighted by molar-refractivity contribution is 5.87. The quantitative estimate of drug-likeness (QED) is 0.582. The number of aromatic nitrogens is 1. The van der Waals surface area contributed by atoms with E-state index in [0.717, 1.165) is 16.6 Å². The minimum absolute atomic E-state index is 0.129. The lowest BCUT2D eigenvalue weighted by atomic mass is 10.1. The van der Waals surface area contributed by atoms with Crippen molar-refractivity contribution >= 4 is 16.9 Å². The predicted molar refractivity (Wildman–Crippen MR) is 83.3 cm³/mol. The summed E-state index contributed by atoms with van der Waals surface area (Å²) in [6.45, 7) is 0. The number of rotatable bonds is 2. The molecular weight excluding hydrogens is 282 g/mol. The van der Waals surface area contributed by atoms with Crippen LogP contribution in [0.25, 0.3) is 22.0 Å². The summed E-state index contributed by atoms with van der Waals surface area (Å²) < 4.78 is 6.14. The summed E-state index contributed by atoms with van der Waals surface area (Å²) in [5.41, 5.74) is 1.53. The van der Waals surface area contributed by atoms with Crippen molar-refractivity contribution < 1.29 is 14.6 Å². The average Bonchev–Trinajstić information content (AvgIpc) is 2.51. The van der Waals surface area contributed by atoms with Crippen molar-refractivity contribution in [2.75, 3.05) is 0 Å². The first kappa shape index (κ1) is 13.9. The minimum atomic E-state index is -1.41. The van der Waals surface area contributed by atoms with Crippen LogP contribution in [0, 0.1) is 0 Å². The van der Waals surface area contributed by atoms with Crippen molar-refractivity contribution in [2.45, 2.75) is 0 Å². The third kappa shape index (κ3) is 2.44. The normalized spacial score (nSPS) is 10.6. The monoisotopic (exact) mass is 295 g/mol. The van der Waals surface area contributed by atoms with E-state index in [-0.39, 0.29) is 11.3 Å². The zero-order chi connectivity index (χ0) is 15.7. The third-order valence-electron chi connectivity index (χ3n) is 3.49. The molecule has 0 aliphatic heterocycles. The van der Waals surface area contributed by atoms with Crippen LogP contribution in [-0.2, 0) is 7.05 Å². The molecule has 0 amide bonds. The van der Waals surface area contributed by atoms with Crippen LogP contribution in [-0.4, -0.2) is 15.8 Å². The molecule has 1 N–H and O–H groups in total. The first-order valence-corrected chi connectivity index (χ1v) is 6.66. The lowest BCUT2D eigenvalue weighted by Gasteiger charge is -2.11. The molecule has 0 radical (unpaired) electrons.